The van der Waals surface area contributed by atoms with Crippen molar-refractivity contribution in [3.8, 4) is 17.6 Å². The molecule has 0 heterocycles. The molecule has 1 amide bonds. The van der Waals surface area contributed by atoms with Crippen molar-refractivity contribution >= 4 is 33.6 Å². The zero-order valence-electron chi connectivity index (χ0n) is 14.8. The average molecular weight is 415 g/mol. The molecule has 0 aliphatic heterocycles. The van der Waals surface area contributed by atoms with Crippen molar-refractivity contribution in [3.63, 3.8) is 0 Å². The quantitative estimate of drug-likeness (QED) is 0.554. The van der Waals surface area contributed by atoms with Gasteiger partial charge in [-0.1, -0.05) is 35.0 Å². The molecule has 5 nitrogen and oxygen atoms in total. The molecule has 0 spiro atoms. The van der Waals surface area contributed by atoms with E-state index < -0.39 is 5.91 Å². The summed E-state index contributed by atoms with van der Waals surface area (Å²) in [6.45, 7) is 2.06. The number of aryl methyl sites for hydroxylation is 1. The molecule has 1 N–H and O–H groups in total. The highest BCUT2D eigenvalue weighted by Gasteiger charge is 2.13. The molecular formula is C20H19BrN2O3. The Bertz CT molecular complexity index is 868. The number of halogens is 1. The SMILES string of the molecule is CCc1ccc(NC(=O)/C(C#N)=C/c2cc(OC)c(OC)cc2Br)cc1. The van der Waals surface area contributed by atoms with Gasteiger partial charge in [-0.3, -0.25) is 4.79 Å². The molecule has 134 valence electrons. The van der Waals surface area contributed by atoms with Crippen LogP contribution in [0.4, 0.5) is 5.69 Å². The number of carbonyl (C=O) groups is 1. The van der Waals surface area contributed by atoms with Crippen molar-refractivity contribution in [2.24, 2.45) is 0 Å². The van der Waals surface area contributed by atoms with E-state index in [2.05, 4.69) is 28.2 Å². The van der Waals surface area contributed by atoms with Gasteiger partial charge in [0.2, 0.25) is 0 Å². The Hall–Kier alpha value is -2.78. The Kier molecular flexibility index (Phi) is 6.81. The summed E-state index contributed by atoms with van der Waals surface area (Å²) in [4.78, 5) is 12.4. The summed E-state index contributed by atoms with van der Waals surface area (Å²) in [6, 6.07) is 12.9. The Balaban J connectivity index is 2.29. The normalized spacial score (nSPS) is 10.8. The first kappa shape index (κ1) is 19.5. The summed E-state index contributed by atoms with van der Waals surface area (Å²) in [7, 11) is 3.06. The topological polar surface area (TPSA) is 71.4 Å². The minimum absolute atomic E-state index is 0.0162. The molecule has 0 aliphatic carbocycles. The lowest BCUT2D eigenvalue weighted by Crippen LogP contribution is -2.13. The maximum Gasteiger partial charge on any atom is 0.266 e. The summed E-state index contributed by atoms with van der Waals surface area (Å²) in [5, 5.41) is 12.1. The van der Waals surface area contributed by atoms with Crippen molar-refractivity contribution in [1.29, 1.82) is 5.26 Å². The predicted octanol–water partition coefficient (Wildman–Crippen LogP) is 4.57. The van der Waals surface area contributed by atoms with Crippen LogP contribution in [0.2, 0.25) is 0 Å². The van der Waals surface area contributed by atoms with E-state index in [9.17, 15) is 10.1 Å². The van der Waals surface area contributed by atoms with E-state index in [1.54, 1.807) is 12.1 Å². The Morgan fingerprint density at radius 1 is 1.19 bits per heavy atom. The molecule has 0 saturated carbocycles. The first-order valence-electron chi connectivity index (χ1n) is 7.96. The zero-order valence-corrected chi connectivity index (χ0v) is 16.4. The Morgan fingerprint density at radius 2 is 1.81 bits per heavy atom. The van der Waals surface area contributed by atoms with Crippen molar-refractivity contribution < 1.29 is 14.3 Å². The van der Waals surface area contributed by atoms with Gasteiger partial charge in [0.25, 0.3) is 5.91 Å². The molecule has 6 heteroatoms. The highest BCUT2D eigenvalue weighted by molar-refractivity contribution is 9.10. The number of rotatable bonds is 6. The first-order chi connectivity index (χ1) is 12.5. The van der Waals surface area contributed by atoms with E-state index in [1.807, 2.05) is 30.3 Å². The molecule has 0 atom stereocenters. The lowest BCUT2D eigenvalue weighted by atomic mass is 10.1. The lowest BCUT2D eigenvalue weighted by Gasteiger charge is -2.10. The van der Waals surface area contributed by atoms with Crippen LogP contribution in [-0.2, 0) is 11.2 Å². The fourth-order valence-corrected chi connectivity index (χ4v) is 2.74. The smallest absolute Gasteiger partial charge is 0.266 e. The largest absolute Gasteiger partial charge is 0.493 e. The summed E-state index contributed by atoms with van der Waals surface area (Å²) in [5.41, 5.74) is 2.43. The number of nitriles is 1. The van der Waals surface area contributed by atoms with Gasteiger partial charge < -0.3 is 14.8 Å². The molecule has 2 aromatic carbocycles. The molecule has 0 saturated heterocycles. The van der Waals surface area contributed by atoms with Crippen molar-refractivity contribution in [2.45, 2.75) is 13.3 Å². The van der Waals surface area contributed by atoms with Gasteiger partial charge in [-0.25, -0.2) is 0 Å². The van der Waals surface area contributed by atoms with Crippen molar-refractivity contribution in [2.75, 3.05) is 19.5 Å². The number of methoxy groups -OCH3 is 2. The fourth-order valence-electron chi connectivity index (χ4n) is 2.31. The summed E-state index contributed by atoms with van der Waals surface area (Å²) in [6.07, 6.45) is 2.42. The van der Waals surface area contributed by atoms with Crippen LogP contribution < -0.4 is 14.8 Å². The van der Waals surface area contributed by atoms with Gasteiger partial charge in [0.15, 0.2) is 11.5 Å². The van der Waals surface area contributed by atoms with Crippen LogP contribution in [0.15, 0.2) is 46.4 Å². The van der Waals surface area contributed by atoms with Crippen LogP contribution in [0.1, 0.15) is 18.1 Å². The molecule has 0 fully saturated rings. The maximum absolute atomic E-state index is 12.4. The number of nitrogens with zero attached hydrogens (tertiary/aromatic N) is 1. The molecular weight excluding hydrogens is 396 g/mol. The maximum atomic E-state index is 12.4. The summed E-state index contributed by atoms with van der Waals surface area (Å²) < 4.78 is 11.2. The highest BCUT2D eigenvalue weighted by Crippen LogP contribution is 2.34. The van der Waals surface area contributed by atoms with E-state index in [4.69, 9.17) is 9.47 Å². The minimum atomic E-state index is -0.474. The van der Waals surface area contributed by atoms with Crippen LogP contribution in [0.3, 0.4) is 0 Å². The third kappa shape index (κ3) is 4.64. The standard InChI is InChI=1S/C20H19BrN2O3/c1-4-13-5-7-16(8-6-13)23-20(24)15(12-22)9-14-10-18(25-2)19(26-3)11-17(14)21/h5-11H,4H2,1-3H3,(H,23,24)/b15-9+. The van der Waals surface area contributed by atoms with Gasteiger partial charge in [0.05, 0.1) is 14.2 Å². The number of nitrogens with one attached hydrogen (secondary N) is 1. The second-order valence-electron chi connectivity index (χ2n) is 5.40. The molecule has 0 bridgehead atoms. The van der Waals surface area contributed by atoms with Crippen molar-refractivity contribution in [1.82, 2.24) is 0 Å². The van der Waals surface area contributed by atoms with Crippen molar-refractivity contribution in [3.05, 3.63) is 57.6 Å². The number of benzene rings is 2. The van der Waals surface area contributed by atoms with Gasteiger partial charge in [0.1, 0.15) is 11.6 Å². The number of carbonyl (C=O) groups excluding carboxylic acids is 1. The van der Waals surface area contributed by atoms with E-state index in [-0.39, 0.29) is 5.57 Å². The molecule has 2 rings (SSSR count). The number of ether oxygens (including phenoxy) is 2. The number of amides is 1. The van der Waals surface area contributed by atoms with Gasteiger partial charge in [-0.2, -0.15) is 5.26 Å². The third-order valence-corrected chi connectivity index (χ3v) is 4.47. The molecule has 0 aliphatic rings. The second-order valence-corrected chi connectivity index (χ2v) is 6.26. The molecule has 2 aromatic rings. The highest BCUT2D eigenvalue weighted by atomic mass is 79.9. The van der Waals surface area contributed by atoms with Crippen LogP contribution in [0.25, 0.3) is 6.08 Å². The summed E-state index contributed by atoms with van der Waals surface area (Å²) >= 11 is 3.42. The van der Waals surface area contributed by atoms with E-state index in [1.165, 1.54) is 25.9 Å². The Labute approximate surface area is 161 Å². The molecule has 0 unspecified atom stereocenters. The lowest BCUT2D eigenvalue weighted by molar-refractivity contribution is -0.112. The van der Waals surface area contributed by atoms with E-state index in [0.29, 0.717) is 27.2 Å². The van der Waals surface area contributed by atoms with Gasteiger partial charge in [-0.15, -0.1) is 0 Å². The average Bonchev–Trinajstić information content (AvgIpc) is 2.67. The van der Waals surface area contributed by atoms with Gasteiger partial charge in [0, 0.05) is 10.2 Å². The first-order valence-corrected chi connectivity index (χ1v) is 8.75. The zero-order chi connectivity index (χ0) is 19.1. The molecule has 0 radical (unpaired) electrons. The van der Waals surface area contributed by atoms with Crippen LogP contribution in [-0.4, -0.2) is 20.1 Å². The second kappa shape index (κ2) is 9.07. The number of anilines is 1. The third-order valence-electron chi connectivity index (χ3n) is 3.79. The molecule has 26 heavy (non-hydrogen) atoms. The van der Waals surface area contributed by atoms with Gasteiger partial charge >= 0.3 is 0 Å². The Morgan fingerprint density at radius 3 is 2.35 bits per heavy atom. The predicted molar refractivity (Wildman–Crippen MR) is 105 cm³/mol. The monoisotopic (exact) mass is 414 g/mol. The van der Waals surface area contributed by atoms with E-state index >= 15 is 0 Å². The number of hydrogen-bond donors (Lipinski definition) is 1. The van der Waals surface area contributed by atoms with Crippen LogP contribution >= 0.6 is 15.9 Å². The van der Waals surface area contributed by atoms with Crippen LogP contribution in [0.5, 0.6) is 11.5 Å². The summed E-state index contributed by atoms with van der Waals surface area (Å²) in [5.74, 6) is 0.587. The van der Waals surface area contributed by atoms with Gasteiger partial charge in [-0.05, 0) is 47.9 Å². The molecule has 0 aromatic heterocycles. The fraction of sp³-hybridized carbons (Fsp3) is 0.200. The van der Waals surface area contributed by atoms with Crippen LogP contribution in [0, 0.1) is 11.3 Å². The minimum Gasteiger partial charge on any atom is -0.493 e. The van der Waals surface area contributed by atoms with E-state index in [0.717, 1.165) is 6.42 Å². The number of hydrogen-bond acceptors (Lipinski definition) is 4.